The first-order valence-corrected chi connectivity index (χ1v) is 7.82. The van der Waals surface area contributed by atoms with Gasteiger partial charge >= 0.3 is 0 Å². The molecular weight excluding hydrogens is 322 g/mol. The lowest BCUT2D eigenvalue weighted by Crippen LogP contribution is -2.38. The molecule has 2 rings (SSSR count). The molecule has 0 aromatic heterocycles. The molecule has 1 heterocycles. The van der Waals surface area contributed by atoms with E-state index in [0.29, 0.717) is 13.2 Å². The van der Waals surface area contributed by atoms with E-state index in [1.54, 1.807) is 0 Å². The van der Waals surface area contributed by atoms with Gasteiger partial charge in [0.15, 0.2) is 0 Å². The number of hydrogen-bond acceptors (Lipinski definition) is 4. The predicted molar refractivity (Wildman–Crippen MR) is 82.5 cm³/mol. The van der Waals surface area contributed by atoms with Gasteiger partial charge in [0.1, 0.15) is 12.4 Å². The van der Waals surface area contributed by atoms with Gasteiger partial charge in [-0.05, 0) is 30.7 Å². The highest BCUT2D eigenvalue weighted by Crippen LogP contribution is 2.21. The molecule has 1 fully saturated rings. The van der Waals surface area contributed by atoms with Crippen LogP contribution < -0.4 is 4.74 Å². The minimum atomic E-state index is 0.589. The Morgan fingerprint density at radius 3 is 2.75 bits per heavy atom. The van der Waals surface area contributed by atoms with Gasteiger partial charge in [0.25, 0.3) is 0 Å². The first-order chi connectivity index (χ1) is 9.75. The lowest BCUT2D eigenvalue weighted by Gasteiger charge is -2.26. The van der Waals surface area contributed by atoms with Crippen LogP contribution in [0.2, 0.25) is 0 Å². The summed E-state index contributed by atoms with van der Waals surface area (Å²) < 4.78 is 17.7. The Kier molecular flexibility index (Phi) is 6.79. The van der Waals surface area contributed by atoms with Crippen LogP contribution in [0.25, 0.3) is 0 Å². The van der Waals surface area contributed by atoms with E-state index < -0.39 is 0 Å². The number of nitrogens with zero attached hydrogens (tertiary/aromatic N) is 1. The van der Waals surface area contributed by atoms with Crippen molar-refractivity contribution in [1.29, 1.82) is 0 Å². The van der Waals surface area contributed by atoms with E-state index >= 15 is 0 Å². The number of ether oxygens (including phenoxy) is 3. The van der Waals surface area contributed by atoms with Crippen LogP contribution in [0.4, 0.5) is 0 Å². The number of aryl methyl sites for hydroxylation is 1. The molecule has 4 nitrogen and oxygen atoms in total. The zero-order valence-electron chi connectivity index (χ0n) is 11.9. The van der Waals surface area contributed by atoms with Crippen LogP contribution in [0.3, 0.4) is 0 Å². The van der Waals surface area contributed by atoms with Crippen LogP contribution in [-0.2, 0) is 9.47 Å². The molecule has 0 radical (unpaired) electrons. The second kappa shape index (κ2) is 8.62. The van der Waals surface area contributed by atoms with Crippen molar-refractivity contribution in [2.75, 3.05) is 52.7 Å². The molecular formula is C15H22BrNO3. The molecule has 0 atom stereocenters. The second-order valence-electron chi connectivity index (χ2n) is 4.82. The van der Waals surface area contributed by atoms with Gasteiger partial charge in [0.05, 0.1) is 26.4 Å². The van der Waals surface area contributed by atoms with E-state index in [4.69, 9.17) is 14.2 Å². The number of morpholine rings is 1. The van der Waals surface area contributed by atoms with Crippen molar-refractivity contribution in [3.05, 3.63) is 28.2 Å². The maximum Gasteiger partial charge on any atom is 0.122 e. The molecule has 20 heavy (non-hydrogen) atoms. The summed E-state index contributed by atoms with van der Waals surface area (Å²) in [6.07, 6.45) is 0. The minimum Gasteiger partial charge on any atom is -0.491 e. The Labute approximate surface area is 129 Å². The number of benzene rings is 1. The zero-order valence-corrected chi connectivity index (χ0v) is 13.5. The lowest BCUT2D eigenvalue weighted by molar-refractivity contribution is 0.0170. The standard InChI is InChI=1S/C15H22BrNO3/c1-13-12-14(16)2-3-15(13)20-11-10-19-9-6-17-4-7-18-8-5-17/h2-3,12H,4-11H2,1H3. The van der Waals surface area contributed by atoms with Crippen molar-refractivity contribution in [2.45, 2.75) is 6.92 Å². The fourth-order valence-corrected chi connectivity index (χ4v) is 2.58. The molecule has 1 saturated heterocycles. The van der Waals surface area contributed by atoms with Crippen LogP contribution in [0.15, 0.2) is 22.7 Å². The summed E-state index contributed by atoms with van der Waals surface area (Å²) in [5.74, 6) is 0.921. The lowest BCUT2D eigenvalue weighted by atomic mass is 10.2. The first-order valence-electron chi connectivity index (χ1n) is 7.02. The van der Waals surface area contributed by atoms with Crippen LogP contribution in [0.1, 0.15) is 5.56 Å². The molecule has 0 aliphatic carbocycles. The highest BCUT2D eigenvalue weighted by molar-refractivity contribution is 9.10. The Morgan fingerprint density at radius 1 is 1.20 bits per heavy atom. The maximum atomic E-state index is 5.70. The first kappa shape index (κ1) is 15.8. The maximum absolute atomic E-state index is 5.70. The third-order valence-electron chi connectivity index (χ3n) is 3.28. The van der Waals surface area contributed by atoms with E-state index in [2.05, 4.69) is 26.9 Å². The Balaban J connectivity index is 1.55. The highest BCUT2D eigenvalue weighted by Gasteiger charge is 2.09. The number of hydrogen-bond donors (Lipinski definition) is 0. The number of halogens is 1. The topological polar surface area (TPSA) is 30.9 Å². The van der Waals surface area contributed by atoms with E-state index in [-0.39, 0.29) is 0 Å². The minimum absolute atomic E-state index is 0.589. The summed E-state index contributed by atoms with van der Waals surface area (Å²) in [6.45, 7) is 8.68. The summed E-state index contributed by atoms with van der Waals surface area (Å²) in [4.78, 5) is 2.36. The van der Waals surface area contributed by atoms with Crippen molar-refractivity contribution < 1.29 is 14.2 Å². The SMILES string of the molecule is Cc1cc(Br)ccc1OCCOCCN1CCOCC1. The molecule has 1 aromatic carbocycles. The van der Waals surface area contributed by atoms with Crippen LogP contribution >= 0.6 is 15.9 Å². The van der Waals surface area contributed by atoms with Crippen LogP contribution in [0.5, 0.6) is 5.75 Å². The fourth-order valence-electron chi connectivity index (χ4n) is 2.11. The van der Waals surface area contributed by atoms with Crippen molar-refractivity contribution in [3.8, 4) is 5.75 Å². The van der Waals surface area contributed by atoms with E-state index in [0.717, 1.165) is 55.2 Å². The normalized spacial score (nSPS) is 16.3. The van der Waals surface area contributed by atoms with Gasteiger partial charge < -0.3 is 14.2 Å². The van der Waals surface area contributed by atoms with Gasteiger partial charge in [-0.3, -0.25) is 4.90 Å². The molecule has 0 unspecified atom stereocenters. The molecule has 1 aromatic rings. The molecule has 1 aliphatic heterocycles. The molecule has 0 spiro atoms. The van der Waals surface area contributed by atoms with Crippen molar-refractivity contribution >= 4 is 15.9 Å². The van der Waals surface area contributed by atoms with Crippen molar-refractivity contribution in [2.24, 2.45) is 0 Å². The van der Waals surface area contributed by atoms with Gasteiger partial charge in [-0.25, -0.2) is 0 Å². The quantitative estimate of drug-likeness (QED) is 0.711. The monoisotopic (exact) mass is 343 g/mol. The molecule has 112 valence electrons. The van der Waals surface area contributed by atoms with Crippen LogP contribution in [0, 0.1) is 6.92 Å². The number of rotatable bonds is 7. The van der Waals surface area contributed by atoms with E-state index in [1.807, 2.05) is 19.1 Å². The smallest absolute Gasteiger partial charge is 0.122 e. The molecule has 0 bridgehead atoms. The predicted octanol–water partition coefficient (Wildman–Crippen LogP) is 2.49. The van der Waals surface area contributed by atoms with Gasteiger partial charge in [-0.2, -0.15) is 0 Å². The van der Waals surface area contributed by atoms with Gasteiger partial charge in [-0.15, -0.1) is 0 Å². The third-order valence-corrected chi connectivity index (χ3v) is 3.77. The Morgan fingerprint density at radius 2 is 2.00 bits per heavy atom. The van der Waals surface area contributed by atoms with Gasteiger partial charge in [0, 0.05) is 24.1 Å². The highest BCUT2D eigenvalue weighted by atomic mass is 79.9. The van der Waals surface area contributed by atoms with Crippen molar-refractivity contribution in [3.63, 3.8) is 0 Å². The summed E-state index contributed by atoms with van der Waals surface area (Å²) in [5, 5.41) is 0. The van der Waals surface area contributed by atoms with E-state index in [9.17, 15) is 0 Å². The summed E-state index contributed by atoms with van der Waals surface area (Å²) in [5.41, 5.74) is 1.13. The van der Waals surface area contributed by atoms with Gasteiger partial charge in [-0.1, -0.05) is 15.9 Å². The molecule has 0 amide bonds. The molecule has 0 N–H and O–H groups in total. The Hall–Kier alpha value is -0.620. The summed E-state index contributed by atoms with van der Waals surface area (Å²) in [6, 6.07) is 6.02. The Bertz CT molecular complexity index is 408. The average molecular weight is 344 g/mol. The second-order valence-corrected chi connectivity index (χ2v) is 5.74. The zero-order chi connectivity index (χ0) is 14.2. The molecule has 0 saturated carbocycles. The summed E-state index contributed by atoms with van der Waals surface area (Å²) in [7, 11) is 0. The largest absolute Gasteiger partial charge is 0.491 e. The van der Waals surface area contributed by atoms with Crippen molar-refractivity contribution in [1.82, 2.24) is 4.90 Å². The third kappa shape index (κ3) is 5.40. The average Bonchev–Trinajstić information content (AvgIpc) is 2.46. The molecule has 1 aliphatic rings. The van der Waals surface area contributed by atoms with Crippen LogP contribution in [-0.4, -0.2) is 57.6 Å². The fraction of sp³-hybridized carbons (Fsp3) is 0.600. The summed E-state index contributed by atoms with van der Waals surface area (Å²) >= 11 is 3.44. The van der Waals surface area contributed by atoms with Gasteiger partial charge in [0.2, 0.25) is 0 Å². The van der Waals surface area contributed by atoms with E-state index in [1.165, 1.54) is 0 Å². The molecule has 5 heteroatoms.